The molecule has 17 heavy (non-hydrogen) atoms. The maximum atomic E-state index is 5.73. The van der Waals surface area contributed by atoms with Gasteiger partial charge in [-0.2, -0.15) is 0 Å². The fourth-order valence-electron chi connectivity index (χ4n) is 2.75. The number of anilines is 1. The maximum absolute atomic E-state index is 5.73. The molecule has 1 aromatic rings. The lowest BCUT2D eigenvalue weighted by Crippen LogP contribution is -2.41. The van der Waals surface area contributed by atoms with Gasteiger partial charge in [-0.15, -0.1) is 0 Å². The molecular weight excluding hydrogens is 276 g/mol. The molecule has 1 aliphatic rings. The predicted molar refractivity (Wildman–Crippen MR) is 77.5 cm³/mol. The highest BCUT2D eigenvalue weighted by Gasteiger charge is 2.22. The summed E-state index contributed by atoms with van der Waals surface area (Å²) in [5, 5.41) is 0. The van der Waals surface area contributed by atoms with Gasteiger partial charge in [0.1, 0.15) is 0 Å². The summed E-state index contributed by atoms with van der Waals surface area (Å²) in [6, 6.07) is 7.20. The van der Waals surface area contributed by atoms with Gasteiger partial charge in [0.2, 0.25) is 0 Å². The van der Waals surface area contributed by atoms with Gasteiger partial charge in [-0.1, -0.05) is 15.9 Å². The Morgan fingerprint density at radius 2 is 2.24 bits per heavy atom. The highest BCUT2D eigenvalue weighted by atomic mass is 79.9. The third-order valence-electron chi connectivity index (χ3n) is 3.60. The number of rotatable bonds is 3. The first-order valence-electron chi connectivity index (χ1n) is 6.45. The Hall–Kier alpha value is -0.540. The molecule has 1 unspecified atom stereocenters. The zero-order chi connectivity index (χ0) is 12.3. The first kappa shape index (κ1) is 12.9. The summed E-state index contributed by atoms with van der Waals surface area (Å²) < 4.78 is 1.16. The lowest BCUT2D eigenvalue weighted by atomic mass is 9.97. The Bertz CT molecular complexity index is 376. The number of hydrogen-bond acceptors (Lipinski definition) is 2. The van der Waals surface area contributed by atoms with Crippen LogP contribution in [0.5, 0.6) is 0 Å². The standard InChI is InChI=1S/C14H21BrN2/c1-11-10-12(15)5-6-14(11)17-9-3-2-4-13(17)7-8-16/h5-6,10,13H,2-4,7-9,16H2,1H3. The molecule has 2 rings (SSSR count). The lowest BCUT2D eigenvalue weighted by Gasteiger charge is -2.38. The molecule has 2 N–H and O–H groups in total. The number of nitrogens with zero attached hydrogens (tertiary/aromatic N) is 1. The van der Waals surface area contributed by atoms with Gasteiger partial charge in [-0.25, -0.2) is 0 Å². The first-order chi connectivity index (χ1) is 8.22. The highest BCUT2D eigenvalue weighted by Crippen LogP contribution is 2.30. The van der Waals surface area contributed by atoms with Crippen LogP contribution in [0.4, 0.5) is 5.69 Å². The zero-order valence-corrected chi connectivity index (χ0v) is 12.0. The van der Waals surface area contributed by atoms with Crippen LogP contribution in [0.15, 0.2) is 22.7 Å². The quantitative estimate of drug-likeness (QED) is 0.925. The molecule has 1 aliphatic heterocycles. The molecule has 0 aromatic heterocycles. The topological polar surface area (TPSA) is 29.3 Å². The summed E-state index contributed by atoms with van der Waals surface area (Å²) in [6.07, 6.45) is 5.04. The molecule has 0 radical (unpaired) electrons. The Morgan fingerprint density at radius 1 is 1.41 bits per heavy atom. The largest absolute Gasteiger partial charge is 0.368 e. The van der Waals surface area contributed by atoms with Gasteiger partial charge in [0, 0.05) is 22.7 Å². The van der Waals surface area contributed by atoms with Gasteiger partial charge >= 0.3 is 0 Å². The number of halogens is 1. The lowest BCUT2D eigenvalue weighted by molar-refractivity contribution is 0.441. The van der Waals surface area contributed by atoms with Crippen molar-refractivity contribution in [3.8, 4) is 0 Å². The summed E-state index contributed by atoms with van der Waals surface area (Å²) in [5.41, 5.74) is 8.46. The number of hydrogen-bond donors (Lipinski definition) is 1. The van der Waals surface area contributed by atoms with E-state index in [0.717, 1.165) is 17.4 Å². The molecule has 1 fully saturated rings. The van der Waals surface area contributed by atoms with Crippen LogP contribution in [0.25, 0.3) is 0 Å². The number of aryl methyl sites for hydroxylation is 1. The molecule has 0 bridgehead atoms. The SMILES string of the molecule is Cc1cc(Br)ccc1N1CCCCC1CCN. The molecule has 1 atom stereocenters. The van der Waals surface area contributed by atoms with E-state index in [1.807, 2.05) is 0 Å². The average molecular weight is 297 g/mol. The Labute approximate surface area is 112 Å². The fraction of sp³-hybridized carbons (Fsp3) is 0.571. The number of benzene rings is 1. The van der Waals surface area contributed by atoms with Gasteiger partial charge in [0.05, 0.1) is 0 Å². The smallest absolute Gasteiger partial charge is 0.0399 e. The first-order valence-corrected chi connectivity index (χ1v) is 7.24. The Balaban J connectivity index is 2.23. The number of nitrogens with two attached hydrogens (primary N) is 1. The molecule has 0 spiro atoms. The Kier molecular flexibility index (Phi) is 4.46. The van der Waals surface area contributed by atoms with Crippen molar-refractivity contribution in [1.82, 2.24) is 0 Å². The van der Waals surface area contributed by atoms with Crippen molar-refractivity contribution in [2.45, 2.75) is 38.6 Å². The maximum Gasteiger partial charge on any atom is 0.0399 e. The van der Waals surface area contributed by atoms with Crippen molar-refractivity contribution in [1.29, 1.82) is 0 Å². The van der Waals surface area contributed by atoms with Gasteiger partial charge < -0.3 is 10.6 Å². The third-order valence-corrected chi connectivity index (χ3v) is 4.09. The highest BCUT2D eigenvalue weighted by molar-refractivity contribution is 9.10. The molecule has 2 nitrogen and oxygen atoms in total. The number of piperidine rings is 1. The van der Waals surface area contributed by atoms with Crippen molar-refractivity contribution in [2.75, 3.05) is 18.0 Å². The molecule has 0 saturated carbocycles. The summed E-state index contributed by atoms with van der Waals surface area (Å²) >= 11 is 3.53. The summed E-state index contributed by atoms with van der Waals surface area (Å²) in [4.78, 5) is 2.55. The van der Waals surface area contributed by atoms with Crippen LogP contribution < -0.4 is 10.6 Å². The average Bonchev–Trinajstić information content (AvgIpc) is 2.31. The van der Waals surface area contributed by atoms with Gasteiger partial charge in [-0.05, 0) is 62.9 Å². The van der Waals surface area contributed by atoms with Crippen LogP contribution in [0.2, 0.25) is 0 Å². The van der Waals surface area contributed by atoms with Gasteiger partial charge in [-0.3, -0.25) is 0 Å². The molecule has 1 heterocycles. The van der Waals surface area contributed by atoms with Crippen LogP contribution in [0.3, 0.4) is 0 Å². The van der Waals surface area contributed by atoms with Crippen molar-refractivity contribution in [3.05, 3.63) is 28.2 Å². The van der Waals surface area contributed by atoms with E-state index in [4.69, 9.17) is 5.73 Å². The van der Waals surface area contributed by atoms with Crippen molar-refractivity contribution in [3.63, 3.8) is 0 Å². The molecule has 1 saturated heterocycles. The van der Waals surface area contributed by atoms with Crippen molar-refractivity contribution in [2.24, 2.45) is 5.73 Å². The van der Waals surface area contributed by atoms with Gasteiger partial charge in [0.15, 0.2) is 0 Å². The van der Waals surface area contributed by atoms with Crippen molar-refractivity contribution >= 4 is 21.6 Å². The minimum absolute atomic E-state index is 0.633. The monoisotopic (exact) mass is 296 g/mol. The van der Waals surface area contributed by atoms with E-state index in [9.17, 15) is 0 Å². The van der Waals surface area contributed by atoms with E-state index in [2.05, 4.69) is 46.0 Å². The van der Waals surface area contributed by atoms with Gasteiger partial charge in [0.25, 0.3) is 0 Å². The molecule has 0 amide bonds. The van der Waals surface area contributed by atoms with Crippen molar-refractivity contribution < 1.29 is 0 Å². The third kappa shape index (κ3) is 3.02. The van der Waals surface area contributed by atoms with E-state index in [1.54, 1.807) is 0 Å². The fourth-order valence-corrected chi connectivity index (χ4v) is 3.23. The van der Waals surface area contributed by atoms with E-state index in [-0.39, 0.29) is 0 Å². The minimum Gasteiger partial charge on any atom is -0.368 e. The van der Waals surface area contributed by atoms with Crippen LogP contribution in [-0.4, -0.2) is 19.1 Å². The molecule has 3 heteroatoms. The normalized spacial score (nSPS) is 20.6. The summed E-state index contributed by atoms with van der Waals surface area (Å²) in [5.74, 6) is 0. The summed E-state index contributed by atoms with van der Waals surface area (Å²) in [6.45, 7) is 4.15. The minimum atomic E-state index is 0.633. The van der Waals surface area contributed by atoms with E-state index in [1.165, 1.54) is 37.1 Å². The summed E-state index contributed by atoms with van der Waals surface area (Å²) in [7, 11) is 0. The molecular formula is C14H21BrN2. The van der Waals surface area contributed by atoms with E-state index in [0.29, 0.717) is 6.04 Å². The zero-order valence-electron chi connectivity index (χ0n) is 10.5. The van der Waals surface area contributed by atoms with E-state index < -0.39 is 0 Å². The molecule has 94 valence electrons. The van der Waals surface area contributed by atoms with Crippen LogP contribution in [0.1, 0.15) is 31.2 Å². The van der Waals surface area contributed by atoms with Crippen LogP contribution in [-0.2, 0) is 0 Å². The molecule has 1 aromatic carbocycles. The Morgan fingerprint density at radius 3 is 2.94 bits per heavy atom. The van der Waals surface area contributed by atoms with Crippen LogP contribution in [0, 0.1) is 6.92 Å². The van der Waals surface area contributed by atoms with Crippen LogP contribution >= 0.6 is 15.9 Å². The second kappa shape index (κ2) is 5.87. The molecule has 0 aliphatic carbocycles. The second-order valence-electron chi connectivity index (χ2n) is 4.85. The second-order valence-corrected chi connectivity index (χ2v) is 5.77. The predicted octanol–water partition coefficient (Wildman–Crippen LogP) is 3.47. The van der Waals surface area contributed by atoms with E-state index >= 15 is 0 Å².